The van der Waals surface area contributed by atoms with Crippen LogP contribution in [0.25, 0.3) is 5.52 Å². The molecule has 2 heterocycles. The van der Waals surface area contributed by atoms with E-state index in [1.165, 1.54) is 0 Å². The van der Waals surface area contributed by atoms with Gasteiger partial charge in [0, 0.05) is 16.9 Å². The Morgan fingerprint density at radius 3 is 2.50 bits per heavy atom. The molecule has 28 heavy (non-hydrogen) atoms. The number of hydrogen-bond acceptors (Lipinski definition) is 5. The standard InChI is InChI=1S/C21H16ClN5O/c1-13-10-15(12-23)11-14(2)19(13)28-20-18-4-3-9-27(18)26-21(25-20)24-17-7-5-16(22)6-8-17/h3-11H,1-2H3,(H,24,26). The molecule has 0 radical (unpaired) electrons. The number of nitrogens with one attached hydrogen (secondary N) is 1. The highest BCUT2D eigenvalue weighted by molar-refractivity contribution is 6.30. The summed E-state index contributed by atoms with van der Waals surface area (Å²) in [5.74, 6) is 1.50. The summed E-state index contributed by atoms with van der Waals surface area (Å²) in [6.07, 6.45) is 1.83. The molecule has 0 bridgehead atoms. The molecule has 0 spiro atoms. The lowest BCUT2D eigenvalue weighted by atomic mass is 10.1. The Balaban J connectivity index is 1.74. The highest BCUT2D eigenvalue weighted by atomic mass is 35.5. The van der Waals surface area contributed by atoms with Crippen molar-refractivity contribution in [1.82, 2.24) is 14.6 Å². The van der Waals surface area contributed by atoms with Gasteiger partial charge < -0.3 is 10.1 Å². The highest BCUT2D eigenvalue weighted by Gasteiger charge is 2.14. The predicted octanol–water partition coefficient (Wildman–Crippen LogP) is 5.41. The summed E-state index contributed by atoms with van der Waals surface area (Å²) in [7, 11) is 0. The van der Waals surface area contributed by atoms with Crippen LogP contribution in [-0.2, 0) is 0 Å². The van der Waals surface area contributed by atoms with Crippen molar-refractivity contribution in [2.24, 2.45) is 0 Å². The Kier molecular flexibility index (Phi) is 4.60. The lowest BCUT2D eigenvalue weighted by molar-refractivity contribution is 0.457. The molecule has 1 N–H and O–H groups in total. The largest absolute Gasteiger partial charge is 0.436 e. The summed E-state index contributed by atoms with van der Waals surface area (Å²) in [6, 6.07) is 16.8. The van der Waals surface area contributed by atoms with Crippen molar-refractivity contribution < 1.29 is 4.74 Å². The fraction of sp³-hybridized carbons (Fsp3) is 0.0952. The number of nitrogens with zero attached hydrogens (tertiary/aromatic N) is 4. The van der Waals surface area contributed by atoms with Crippen LogP contribution >= 0.6 is 11.6 Å². The molecular formula is C21H16ClN5O. The first-order chi connectivity index (χ1) is 13.5. The monoisotopic (exact) mass is 389 g/mol. The van der Waals surface area contributed by atoms with Gasteiger partial charge in [-0.15, -0.1) is 5.10 Å². The third-order valence-electron chi connectivity index (χ3n) is 4.25. The van der Waals surface area contributed by atoms with Crippen molar-refractivity contribution in [2.45, 2.75) is 13.8 Å². The van der Waals surface area contributed by atoms with E-state index in [-0.39, 0.29) is 0 Å². The number of ether oxygens (including phenoxy) is 1. The molecule has 0 saturated heterocycles. The van der Waals surface area contributed by atoms with E-state index in [2.05, 4.69) is 21.5 Å². The Morgan fingerprint density at radius 1 is 1.11 bits per heavy atom. The number of benzene rings is 2. The van der Waals surface area contributed by atoms with Crippen molar-refractivity contribution in [3.63, 3.8) is 0 Å². The number of halogens is 1. The molecule has 0 atom stereocenters. The van der Waals surface area contributed by atoms with Crippen molar-refractivity contribution in [2.75, 3.05) is 5.32 Å². The highest BCUT2D eigenvalue weighted by Crippen LogP contribution is 2.32. The maximum Gasteiger partial charge on any atom is 0.248 e. The van der Waals surface area contributed by atoms with E-state index in [9.17, 15) is 0 Å². The topological polar surface area (TPSA) is 75.2 Å². The Hall–Kier alpha value is -3.56. The Morgan fingerprint density at radius 2 is 1.82 bits per heavy atom. The number of aryl methyl sites for hydroxylation is 2. The maximum absolute atomic E-state index is 9.14. The van der Waals surface area contributed by atoms with Gasteiger partial charge >= 0.3 is 0 Å². The summed E-state index contributed by atoms with van der Waals surface area (Å²) in [5.41, 5.74) is 3.89. The number of fused-ring (bicyclic) bond motifs is 1. The van der Waals surface area contributed by atoms with Crippen LogP contribution in [0.2, 0.25) is 5.02 Å². The molecule has 0 unspecified atom stereocenters. The van der Waals surface area contributed by atoms with Crippen LogP contribution in [0.15, 0.2) is 54.7 Å². The molecule has 2 aromatic carbocycles. The lowest BCUT2D eigenvalue weighted by Crippen LogP contribution is -2.04. The molecule has 0 aliphatic rings. The zero-order valence-corrected chi connectivity index (χ0v) is 16.0. The van der Waals surface area contributed by atoms with E-state index in [4.69, 9.17) is 21.6 Å². The summed E-state index contributed by atoms with van der Waals surface area (Å²) in [6.45, 7) is 3.82. The fourth-order valence-electron chi connectivity index (χ4n) is 2.97. The molecular weight excluding hydrogens is 374 g/mol. The second-order valence-electron chi connectivity index (χ2n) is 6.36. The van der Waals surface area contributed by atoms with Gasteiger partial charge in [0.15, 0.2) is 0 Å². The number of anilines is 2. The summed E-state index contributed by atoms with van der Waals surface area (Å²) >= 11 is 5.94. The van der Waals surface area contributed by atoms with Crippen molar-refractivity contribution in [3.8, 4) is 17.7 Å². The minimum atomic E-state index is 0.393. The zero-order valence-electron chi connectivity index (χ0n) is 15.3. The van der Waals surface area contributed by atoms with E-state index in [0.717, 1.165) is 22.3 Å². The Labute approximate surface area is 167 Å². The molecule has 2 aromatic heterocycles. The predicted molar refractivity (Wildman–Crippen MR) is 108 cm³/mol. The van der Waals surface area contributed by atoms with Gasteiger partial charge in [0.1, 0.15) is 11.3 Å². The summed E-state index contributed by atoms with van der Waals surface area (Å²) < 4.78 is 7.87. The van der Waals surface area contributed by atoms with E-state index < -0.39 is 0 Å². The first kappa shape index (κ1) is 17.8. The second kappa shape index (κ2) is 7.22. The second-order valence-corrected chi connectivity index (χ2v) is 6.80. The van der Waals surface area contributed by atoms with E-state index in [0.29, 0.717) is 28.2 Å². The molecule has 0 saturated carbocycles. The SMILES string of the molecule is Cc1cc(C#N)cc(C)c1Oc1nc(Nc2ccc(Cl)cc2)nn2cccc12. The van der Waals surface area contributed by atoms with Crippen LogP contribution in [0.3, 0.4) is 0 Å². The molecule has 0 fully saturated rings. The summed E-state index contributed by atoms with van der Waals surface area (Å²) in [4.78, 5) is 4.55. The van der Waals surface area contributed by atoms with Crippen molar-refractivity contribution in [1.29, 1.82) is 5.26 Å². The van der Waals surface area contributed by atoms with Gasteiger partial charge in [0.25, 0.3) is 0 Å². The molecule has 0 amide bonds. The van der Waals surface area contributed by atoms with E-state index >= 15 is 0 Å². The number of hydrogen-bond donors (Lipinski definition) is 1. The van der Waals surface area contributed by atoms with Gasteiger partial charge in [-0.25, -0.2) is 4.52 Å². The van der Waals surface area contributed by atoms with Crippen LogP contribution < -0.4 is 10.1 Å². The molecule has 0 aliphatic carbocycles. The fourth-order valence-corrected chi connectivity index (χ4v) is 3.10. The van der Waals surface area contributed by atoms with Crippen LogP contribution in [-0.4, -0.2) is 14.6 Å². The molecule has 6 nitrogen and oxygen atoms in total. The van der Waals surface area contributed by atoms with Crippen LogP contribution in [0.5, 0.6) is 11.6 Å². The third-order valence-corrected chi connectivity index (χ3v) is 4.50. The number of rotatable bonds is 4. The zero-order chi connectivity index (χ0) is 19.7. The van der Waals surface area contributed by atoms with Gasteiger partial charge in [-0.3, -0.25) is 0 Å². The molecule has 138 valence electrons. The Bertz CT molecular complexity index is 1180. The van der Waals surface area contributed by atoms with Gasteiger partial charge in [-0.05, 0) is 73.5 Å². The first-order valence-electron chi connectivity index (χ1n) is 8.60. The van der Waals surface area contributed by atoms with Crippen LogP contribution in [0.1, 0.15) is 16.7 Å². The lowest BCUT2D eigenvalue weighted by Gasteiger charge is -2.14. The molecule has 0 aliphatic heterocycles. The normalized spacial score (nSPS) is 10.6. The van der Waals surface area contributed by atoms with Crippen LogP contribution in [0, 0.1) is 25.2 Å². The minimum absolute atomic E-state index is 0.393. The van der Waals surface area contributed by atoms with Crippen molar-refractivity contribution in [3.05, 3.63) is 76.4 Å². The maximum atomic E-state index is 9.14. The van der Waals surface area contributed by atoms with Gasteiger partial charge in [-0.1, -0.05) is 11.6 Å². The third kappa shape index (κ3) is 3.48. The molecule has 4 aromatic rings. The van der Waals surface area contributed by atoms with Gasteiger partial charge in [-0.2, -0.15) is 10.2 Å². The van der Waals surface area contributed by atoms with Gasteiger partial charge in [0.2, 0.25) is 11.8 Å². The average Bonchev–Trinajstić information content (AvgIpc) is 3.15. The first-order valence-corrected chi connectivity index (χ1v) is 8.98. The number of aromatic nitrogens is 3. The van der Waals surface area contributed by atoms with E-state index in [1.54, 1.807) is 28.8 Å². The smallest absolute Gasteiger partial charge is 0.248 e. The van der Waals surface area contributed by atoms with E-state index in [1.807, 2.05) is 44.3 Å². The number of nitriles is 1. The van der Waals surface area contributed by atoms with Crippen LogP contribution in [0.4, 0.5) is 11.6 Å². The quantitative estimate of drug-likeness (QED) is 0.505. The van der Waals surface area contributed by atoms with Gasteiger partial charge in [0.05, 0.1) is 11.6 Å². The van der Waals surface area contributed by atoms with Crippen molar-refractivity contribution >= 4 is 28.8 Å². The molecule has 7 heteroatoms. The molecule has 4 rings (SSSR count). The summed E-state index contributed by atoms with van der Waals surface area (Å²) in [5, 5.41) is 17.4. The minimum Gasteiger partial charge on any atom is -0.436 e. The average molecular weight is 390 g/mol.